The molecule has 0 unspecified atom stereocenters. The molecule has 2 N–H and O–H groups in total. The van der Waals surface area contributed by atoms with Crippen LogP contribution in [0.15, 0.2) is 42.5 Å². The molecule has 4 heteroatoms. The molecule has 0 aliphatic rings. The van der Waals surface area contributed by atoms with Crippen LogP contribution in [0.2, 0.25) is 5.02 Å². The predicted octanol–water partition coefficient (Wildman–Crippen LogP) is 3.94. The van der Waals surface area contributed by atoms with Gasteiger partial charge in [0, 0.05) is 29.0 Å². The van der Waals surface area contributed by atoms with Gasteiger partial charge in [-0.15, -0.1) is 0 Å². The van der Waals surface area contributed by atoms with E-state index >= 15 is 0 Å². The monoisotopic (exact) mass is 274 g/mol. The number of aryl methyl sites for hydroxylation is 1. The van der Waals surface area contributed by atoms with Crippen LogP contribution in [0.4, 0.5) is 11.4 Å². The van der Waals surface area contributed by atoms with Crippen molar-refractivity contribution in [2.24, 2.45) is 0 Å². The number of carbonyl (C=O) groups excluding carboxylic acids is 1. The Bertz CT molecular complexity index is 611. The Morgan fingerprint density at radius 3 is 2.58 bits per heavy atom. The van der Waals surface area contributed by atoms with Gasteiger partial charge in [0.2, 0.25) is 0 Å². The van der Waals surface area contributed by atoms with Crippen LogP contribution in [0.3, 0.4) is 0 Å². The first-order valence-electron chi connectivity index (χ1n) is 5.95. The maximum absolute atomic E-state index is 12.1. The molecule has 2 rings (SSSR count). The normalized spacial score (nSPS) is 10.1. The van der Waals surface area contributed by atoms with E-state index in [2.05, 4.69) is 10.6 Å². The molecule has 0 fully saturated rings. The Morgan fingerprint density at radius 1 is 1.16 bits per heavy atom. The fraction of sp³-hybridized carbons (Fsp3) is 0.133. The summed E-state index contributed by atoms with van der Waals surface area (Å²) in [6.45, 7) is 1.96. The number of carbonyl (C=O) groups is 1. The number of halogens is 1. The number of anilines is 2. The largest absolute Gasteiger partial charge is 0.388 e. The Kier molecular flexibility index (Phi) is 4.07. The number of nitrogens with one attached hydrogen (secondary N) is 2. The van der Waals surface area contributed by atoms with Gasteiger partial charge in [0.15, 0.2) is 0 Å². The fourth-order valence-electron chi connectivity index (χ4n) is 1.85. The molecular weight excluding hydrogens is 260 g/mol. The van der Waals surface area contributed by atoms with Gasteiger partial charge in [0.25, 0.3) is 5.91 Å². The smallest absolute Gasteiger partial charge is 0.255 e. The molecule has 2 aromatic carbocycles. The minimum Gasteiger partial charge on any atom is -0.388 e. The van der Waals surface area contributed by atoms with Crippen LogP contribution in [0.1, 0.15) is 15.9 Å². The molecule has 0 aliphatic carbocycles. The molecule has 0 aromatic heterocycles. The Labute approximate surface area is 117 Å². The summed E-state index contributed by atoms with van der Waals surface area (Å²) < 4.78 is 0. The third-order valence-electron chi connectivity index (χ3n) is 2.84. The third-order valence-corrected chi connectivity index (χ3v) is 3.08. The first kappa shape index (κ1) is 13.4. The lowest BCUT2D eigenvalue weighted by Gasteiger charge is -2.09. The summed E-state index contributed by atoms with van der Waals surface area (Å²) in [4.78, 5) is 12.1. The van der Waals surface area contributed by atoms with Gasteiger partial charge in [0.1, 0.15) is 0 Å². The SMILES string of the molecule is CNc1ccc(C(=O)Nc2cccc(Cl)c2)cc1C. The maximum atomic E-state index is 12.1. The zero-order valence-electron chi connectivity index (χ0n) is 10.8. The van der Waals surface area contributed by atoms with Gasteiger partial charge in [-0.3, -0.25) is 4.79 Å². The Morgan fingerprint density at radius 2 is 1.95 bits per heavy atom. The van der Waals surface area contributed by atoms with Crippen molar-refractivity contribution in [3.8, 4) is 0 Å². The topological polar surface area (TPSA) is 41.1 Å². The van der Waals surface area contributed by atoms with E-state index in [1.165, 1.54) is 0 Å². The minimum atomic E-state index is -0.145. The van der Waals surface area contributed by atoms with Crippen LogP contribution in [0.5, 0.6) is 0 Å². The maximum Gasteiger partial charge on any atom is 0.255 e. The quantitative estimate of drug-likeness (QED) is 0.890. The standard InChI is InChI=1S/C15H15ClN2O/c1-10-8-11(6-7-14(10)17-2)15(19)18-13-5-3-4-12(16)9-13/h3-9,17H,1-2H3,(H,18,19). The highest BCUT2D eigenvalue weighted by Crippen LogP contribution is 2.18. The van der Waals surface area contributed by atoms with Crippen molar-refractivity contribution in [1.82, 2.24) is 0 Å². The average molecular weight is 275 g/mol. The van der Waals surface area contributed by atoms with Crippen LogP contribution < -0.4 is 10.6 Å². The molecule has 98 valence electrons. The number of hydrogen-bond acceptors (Lipinski definition) is 2. The number of hydrogen-bond donors (Lipinski definition) is 2. The molecule has 2 aromatic rings. The van der Waals surface area contributed by atoms with Crippen molar-refractivity contribution in [3.05, 3.63) is 58.6 Å². The highest BCUT2D eigenvalue weighted by molar-refractivity contribution is 6.30. The second-order valence-electron chi connectivity index (χ2n) is 4.24. The first-order chi connectivity index (χ1) is 9.10. The van der Waals surface area contributed by atoms with Crippen LogP contribution in [-0.4, -0.2) is 13.0 Å². The molecule has 3 nitrogen and oxygen atoms in total. The lowest BCUT2D eigenvalue weighted by molar-refractivity contribution is 0.102. The van der Waals surface area contributed by atoms with Crippen molar-refractivity contribution < 1.29 is 4.79 Å². The van der Waals surface area contributed by atoms with Gasteiger partial charge in [-0.25, -0.2) is 0 Å². The van der Waals surface area contributed by atoms with Crippen molar-refractivity contribution >= 4 is 28.9 Å². The number of amides is 1. The Hall–Kier alpha value is -2.00. The van der Waals surface area contributed by atoms with Crippen molar-refractivity contribution in [1.29, 1.82) is 0 Å². The lowest BCUT2D eigenvalue weighted by atomic mass is 10.1. The van der Waals surface area contributed by atoms with Crippen molar-refractivity contribution in [3.63, 3.8) is 0 Å². The van der Waals surface area contributed by atoms with E-state index in [0.717, 1.165) is 11.3 Å². The van der Waals surface area contributed by atoms with Gasteiger partial charge in [0.05, 0.1) is 0 Å². The third kappa shape index (κ3) is 3.26. The molecule has 19 heavy (non-hydrogen) atoms. The van der Waals surface area contributed by atoms with E-state index in [4.69, 9.17) is 11.6 Å². The van der Waals surface area contributed by atoms with E-state index in [-0.39, 0.29) is 5.91 Å². The van der Waals surface area contributed by atoms with E-state index < -0.39 is 0 Å². The summed E-state index contributed by atoms with van der Waals surface area (Å²) in [6.07, 6.45) is 0. The van der Waals surface area contributed by atoms with Crippen LogP contribution in [0, 0.1) is 6.92 Å². The predicted molar refractivity (Wildman–Crippen MR) is 80.1 cm³/mol. The molecule has 1 amide bonds. The summed E-state index contributed by atoms with van der Waals surface area (Å²) in [5.74, 6) is -0.145. The molecule has 0 bridgehead atoms. The zero-order chi connectivity index (χ0) is 13.8. The summed E-state index contributed by atoms with van der Waals surface area (Å²) in [5, 5.41) is 6.49. The summed E-state index contributed by atoms with van der Waals surface area (Å²) in [5.41, 5.74) is 3.35. The van der Waals surface area contributed by atoms with Crippen LogP contribution in [0.25, 0.3) is 0 Å². The molecule has 0 aliphatic heterocycles. The first-order valence-corrected chi connectivity index (χ1v) is 6.33. The molecule has 0 saturated heterocycles. The molecule has 0 atom stereocenters. The highest BCUT2D eigenvalue weighted by atomic mass is 35.5. The van der Waals surface area contributed by atoms with Gasteiger partial charge in [-0.05, 0) is 48.9 Å². The van der Waals surface area contributed by atoms with Gasteiger partial charge in [-0.2, -0.15) is 0 Å². The van der Waals surface area contributed by atoms with E-state index in [1.54, 1.807) is 30.3 Å². The average Bonchev–Trinajstić information content (AvgIpc) is 2.38. The lowest BCUT2D eigenvalue weighted by Crippen LogP contribution is -2.12. The highest BCUT2D eigenvalue weighted by Gasteiger charge is 2.07. The summed E-state index contributed by atoms with van der Waals surface area (Å²) >= 11 is 5.88. The van der Waals surface area contributed by atoms with Crippen molar-refractivity contribution in [2.45, 2.75) is 6.92 Å². The van der Waals surface area contributed by atoms with Gasteiger partial charge < -0.3 is 10.6 Å². The second-order valence-corrected chi connectivity index (χ2v) is 4.68. The fourth-order valence-corrected chi connectivity index (χ4v) is 2.05. The van der Waals surface area contributed by atoms with Crippen LogP contribution in [-0.2, 0) is 0 Å². The zero-order valence-corrected chi connectivity index (χ0v) is 11.6. The van der Waals surface area contributed by atoms with E-state index in [0.29, 0.717) is 16.3 Å². The Balaban J connectivity index is 2.18. The van der Waals surface area contributed by atoms with E-state index in [1.807, 2.05) is 26.1 Å². The molecule has 0 radical (unpaired) electrons. The number of rotatable bonds is 3. The van der Waals surface area contributed by atoms with Crippen molar-refractivity contribution in [2.75, 3.05) is 17.7 Å². The van der Waals surface area contributed by atoms with Gasteiger partial charge in [-0.1, -0.05) is 17.7 Å². The number of benzene rings is 2. The molecule has 0 heterocycles. The molecule has 0 spiro atoms. The van der Waals surface area contributed by atoms with Crippen LogP contribution >= 0.6 is 11.6 Å². The summed E-state index contributed by atoms with van der Waals surface area (Å²) in [6, 6.07) is 12.6. The van der Waals surface area contributed by atoms with E-state index in [9.17, 15) is 4.79 Å². The summed E-state index contributed by atoms with van der Waals surface area (Å²) in [7, 11) is 1.86. The molecule has 0 saturated carbocycles. The second kappa shape index (κ2) is 5.76. The van der Waals surface area contributed by atoms with Gasteiger partial charge >= 0.3 is 0 Å². The molecular formula is C15H15ClN2O. The minimum absolute atomic E-state index is 0.145.